The highest BCUT2D eigenvalue weighted by Crippen LogP contribution is 2.31. The topological polar surface area (TPSA) is 55.3 Å². The number of carbonyl (C=O) groups excluding carboxylic acids is 1. The lowest BCUT2D eigenvalue weighted by molar-refractivity contribution is -0.132. The minimum absolute atomic E-state index is 0.154. The zero-order valence-electron chi connectivity index (χ0n) is 11.9. The van der Waals surface area contributed by atoms with E-state index >= 15 is 0 Å². The number of hydrogen-bond donors (Lipinski definition) is 0. The SMILES string of the molecule is CCc1cc2c(SCC(=O)N3CCOCC3)ncnc2s1. The predicted octanol–water partition coefficient (Wildman–Crippen LogP) is 2.20. The number of morpholine rings is 1. The number of ether oxygens (including phenoxy) is 1. The molecule has 2 aromatic heterocycles. The maximum absolute atomic E-state index is 12.2. The number of rotatable bonds is 4. The lowest BCUT2D eigenvalue weighted by Gasteiger charge is -2.26. The highest BCUT2D eigenvalue weighted by Gasteiger charge is 2.18. The van der Waals surface area contributed by atoms with Gasteiger partial charge in [-0.3, -0.25) is 4.79 Å². The number of hydrogen-bond acceptors (Lipinski definition) is 6. The van der Waals surface area contributed by atoms with Crippen LogP contribution in [0.3, 0.4) is 0 Å². The van der Waals surface area contributed by atoms with Gasteiger partial charge in [0.15, 0.2) is 0 Å². The highest BCUT2D eigenvalue weighted by molar-refractivity contribution is 8.00. The Morgan fingerprint density at radius 2 is 2.24 bits per heavy atom. The van der Waals surface area contributed by atoms with Crippen molar-refractivity contribution in [1.29, 1.82) is 0 Å². The Hall–Kier alpha value is -1.18. The van der Waals surface area contributed by atoms with Gasteiger partial charge in [0, 0.05) is 23.4 Å². The molecule has 5 nitrogen and oxygen atoms in total. The summed E-state index contributed by atoms with van der Waals surface area (Å²) >= 11 is 3.20. The lowest BCUT2D eigenvalue weighted by atomic mass is 10.3. The number of thiophene rings is 1. The van der Waals surface area contributed by atoms with Gasteiger partial charge in [0.05, 0.1) is 19.0 Å². The molecule has 1 aliphatic rings. The Morgan fingerprint density at radius 3 is 3.00 bits per heavy atom. The summed E-state index contributed by atoms with van der Waals surface area (Å²) in [4.78, 5) is 25.0. The van der Waals surface area contributed by atoms with E-state index in [1.807, 2.05) is 4.90 Å². The van der Waals surface area contributed by atoms with E-state index in [4.69, 9.17) is 4.74 Å². The van der Waals surface area contributed by atoms with E-state index < -0.39 is 0 Å². The van der Waals surface area contributed by atoms with E-state index in [-0.39, 0.29) is 5.91 Å². The second kappa shape index (κ2) is 6.72. The van der Waals surface area contributed by atoms with Crippen molar-refractivity contribution < 1.29 is 9.53 Å². The van der Waals surface area contributed by atoms with E-state index in [2.05, 4.69) is 23.0 Å². The Kier molecular flexibility index (Phi) is 4.72. The molecule has 112 valence electrons. The zero-order valence-corrected chi connectivity index (χ0v) is 13.5. The first-order valence-corrected chi connectivity index (χ1v) is 8.80. The van der Waals surface area contributed by atoms with Crippen molar-refractivity contribution >= 4 is 39.2 Å². The van der Waals surface area contributed by atoms with E-state index in [1.54, 1.807) is 17.7 Å². The van der Waals surface area contributed by atoms with E-state index in [0.717, 1.165) is 21.7 Å². The number of thioether (sulfide) groups is 1. The van der Waals surface area contributed by atoms with Crippen molar-refractivity contribution in [3.8, 4) is 0 Å². The molecule has 0 N–H and O–H groups in total. The van der Waals surface area contributed by atoms with Gasteiger partial charge in [-0.2, -0.15) is 0 Å². The van der Waals surface area contributed by atoms with Crippen molar-refractivity contribution in [2.75, 3.05) is 32.1 Å². The van der Waals surface area contributed by atoms with Crippen LogP contribution in [0.1, 0.15) is 11.8 Å². The number of fused-ring (bicyclic) bond motifs is 1. The quantitative estimate of drug-likeness (QED) is 0.638. The van der Waals surface area contributed by atoms with Crippen LogP contribution >= 0.6 is 23.1 Å². The van der Waals surface area contributed by atoms with Crippen LogP contribution in [0.5, 0.6) is 0 Å². The lowest BCUT2D eigenvalue weighted by Crippen LogP contribution is -2.41. The monoisotopic (exact) mass is 323 g/mol. The largest absolute Gasteiger partial charge is 0.378 e. The average Bonchev–Trinajstić information content (AvgIpc) is 2.97. The summed E-state index contributed by atoms with van der Waals surface area (Å²) in [5.74, 6) is 0.574. The van der Waals surface area contributed by atoms with Crippen molar-refractivity contribution in [3.05, 3.63) is 17.3 Å². The van der Waals surface area contributed by atoms with Gasteiger partial charge >= 0.3 is 0 Å². The molecule has 7 heteroatoms. The van der Waals surface area contributed by atoms with Gasteiger partial charge in [-0.05, 0) is 12.5 Å². The van der Waals surface area contributed by atoms with E-state index in [1.165, 1.54) is 16.6 Å². The number of carbonyl (C=O) groups is 1. The fraction of sp³-hybridized carbons (Fsp3) is 0.500. The molecule has 0 radical (unpaired) electrons. The van der Waals surface area contributed by atoms with Crippen LogP contribution in [0.25, 0.3) is 10.2 Å². The van der Waals surface area contributed by atoms with Crippen molar-refractivity contribution in [1.82, 2.24) is 14.9 Å². The van der Waals surface area contributed by atoms with E-state index in [0.29, 0.717) is 32.1 Å². The van der Waals surface area contributed by atoms with Crippen LogP contribution in [0.15, 0.2) is 17.4 Å². The van der Waals surface area contributed by atoms with Gasteiger partial charge in [-0.15, -0.1) is 11.3 Å². The third-order valence-corrected chi connectivity index (χ3v) is 5.57. The first kappa shape index (κ1) is 14.7. The molecule has 1 fully saturated rings. The summed E-state index contributed by atoms with van der Waals surface area (Å²) in [6.07, 6.45) is 2.58. The molecule has 0 atom stereocenters. The first-order chi connectivity index (χ1) is 10.3. The first-order valence-electron chi connectivity index (χ1n) is 6.99. The molecule has 3 rings (SSSR count). The Bertz CT molecular complexity index is 638. The van der Waals surface area contributed by atoms with Crippen molar-refractivity contribution in [3.63, 3.8) is 0 Å². The number of aromatic nitrogens is 2. The number of amides is 1. The fourth-order valence-electron chi connectivity index (χ4n) is 2.21. The van der Waals surface area contributed by atoms with Gasteiger partial charge in [-0.1, -0.05) is 18.7 Å². The smallest absolute Gasteiger partial charge is 0.233 e. The Labute approximate surface area is 131 Å². The van der Waals surface area contributed by atoms with Crippen LogP contribution < -0.4 is 0 Å². The second-order valence-corrected chi connectivity index (χ2v) is 6.82. The zero-order chi connectivity index (χ0) is 14.7. The summed E-state index contributed by atoms with van der Waals surface area (Å²) in [7, 11) is 0. The second-order valence-electron chi connectivity index (χ2n) is 4.75. The van der Waals surface area contributed by atoms with Gasteiger partial charge in [0.1, 0.15) is 16.2 Å². The molecule has 0 bridgehead atoms. The van der Waals surface area contributed by atoms with Gasteiger partial charge < -0.3 is 9.64 Å². The normalized spacial score (nSPS) is 15.6. The number of aryl methyl sites for hydroxylation is 1. The standard InChI is InChI=1S/C14H17N3O2S2/c1-2-10-7-11-13(15-9-16-14(11)21-10)20-8-12(18)17-3-5-19-6-4-17/h7,9H,2-6,8H2,1H3. The highest BCUT2D eigenvalue weighted by atomic mass is 32.2. The molecule has 21 heavy (non-hydrogen) atoms. The minimum atomic E-state index is 0.154. The van der Waals surface area contributed by atoms with Crippen LogP contribution in [0.2, 0.25) is 0 Å². The summed E-state index contributed by atoms with van der Waals surface area (Å²) in [6, 6.07) is 2.14. The molecule has 3 heterocycles. The molecule has 2 aromatic rings. The Morgan fingerprint density at radius 1 is 1.43 bits per heavy atom. The summed E-state index contributed by atoms with van der Waals surface area (Å²) in [5.41, 5.74) is 0. The van der Waals surface area contributed by atoms with Gasteiger partial charge in [0.2, 0.25) is 5.91 Å². The van der Waals surface area contributed by atoms with Crippen LogP contribution in [0.4, 0.5) is 0 Å². The summed E-state index contributed by atoms with van der Waals surface area (Å²) < 4.78 is 5.27. The maximum Gasteiger partial charge on any atom is 0.233 e. The molecule has 1 saturated heterocycles. The molecule has 0 aromatic carbocycles. The van der Waals surface area contributed by atoms with E-state index in [9.17, 15) is 4.79 Å². The summed E-state index contributed by atoms with van der Waals surface area (Å²) in [5, 5.41) is 1.97. The van der Waals surface area contributed by atoms with Crippen molar-refractivity contribution in [2.24, 2.45) is 0 Å². The van der Waals surface area contributed by atoms with Gasteiger partial charge in [0.25, 0.3) is 0 Å². The molecule has 0 unspecified atom stereocenters. The molecule has 0 aliphatic carbocycles. The number of nitrogens with zero attached hydrogens (tertiary/aromatic N) is 3. The average molecular weight is 323 g/mol. The third kappa shape index (κ3) is 3.36. The Balaban J connectivity index is 1.69. The van der Waals surface area contributed by atoms with Crippen LogP contribution in [0, 0.1) is 0 Å². The fourth-order valence-corrected chi connectivity index (χ4v) is 4.08. The predicted molar refractivity (Wildman–Crippen MR) is 84.9 cm³/mol. The molecule has 1 amide bonds. The van der Waals surface area contributed by atoms with Crippen LogP contribution in [-0.2, 0) is 16.0 Å². The third-order valence-electron chi connectivity index (χ3n) is 3.39. The minimum Gasteiger partial charge on any atom is -0.378 e. The van der Waals surface area contributed by atoms with Crippen molar-refractivity contribution in [2.45, 2.75) is 18.4 Å². The maximum atomic E-state index is 12.2. The molecule has 1 aliphatic heterocycles. The molecular weight excluding hydrogens is 306 g/mol. The summed E-state index contributed by atoms with van der Waals surface area (Å²) in [6.45, 7) is 4.79. The van der Waals surface area contributed by atoms with Gasteiger partial charge in [-0.25, -0.2) is 9.97 Å². The van der Waals surface area contributed by atoms with Crippen LogP contribution in [-0.4, -0.2) is 52.8 Å². The molecule has 0 saturated carbocycles. The molecule has 0 spiro atoms. The molecular formula is C14H17N3O2S2.